The third-order valence-electron chi connectivity index (χ3n) is 0.806. The summed E-state index contributed by atoms with van der Waals surface area (Å²) in [6.45, 7) is 0. The molecule has 0 N–H and O–H groups in total. The summed E-state index contributed by atoms with van der Waals surface area (Å²) >= 11 is 0. The van der Waals surface area contributed by atoms with Gasteiger partial charge in [0.2, 0.25) is 5.88 Å². The molecule has 0 saturated carbocycles. The Hall–Kier alpha value is -1.65. The summed E-state index contributed by atoms with van der Waals surface area (Å²) in [4.78, 5) is 17.3. The smallest absolute Gasteiger partial charge is 0.256 e. The molecule has 0 atom stereocenters. The molecule has 0 bridgehead atoms. The Bertz CT molecular complexity index is 224. The molecule has 0 radical (unpaired) electrons. The van der Waals surface area contributed by atoms with Crippen molar-refractivity contribution in [2.75, 3.05) is 0 Å². The number of rotatable bonds is 2. The predicted molar refractivity (Wildman–Crippen MR) is 31.9 cm³/mol. The lowest BCUT2D eigenvalue weighted by Gasteiger charge is -1.92. The highest BCUT2D eigenvalue weighted by atomic mass is 17.0. The largest absolute Gasteiger partial charge is 0.301 e. The normalized spacial score (nSPS) is 8.80. The standard InChI is InChI=1S/C5H4N2O3/c8-7(9)10-5-3-1-2-4-6-5/h1-4H. The summed E-state index contributed by atoms with van der Waals surface area (Å²) in [7, 11) is 0. The second kappa shape index (κ2) is 2.77. The van der Waals surface area contributed by atoms with Crippen molar-refractivity contribution in [3.63, 3.8) is 0 Å². The number of hydrogen-bond donors (Lipinski definition) is 0. The van der Waals surface area contributed by atoms with Crippen molar-refractivity contribution in [3.05, 3.63) is 34.5 Å². The summed E-state index contributed by atoms with van der Waals surface area (Å²) in [6.07, 6.45) is 1.42. The molecule has 0 aliphatic heterocycles. The van der Waals surface area contributed by atoms with E-state index in [0.717, 1.165) is 0 Å². The first-order chi connectivity index (χ1) is 4.79. The molecule has 0 aliphatic carbocycles. The molecule has 0 unspecified atom stereocenters. The van der Waals surface area contributed by atoms with Crippen molar-refractivity contribution in [2.45, 2.75) is 0 Å². The predicted octanol–water partition coefficient (Wildman–Crippen LogP) is 0.652. The van der Waals surface area contributed by atoms with E-state index in [4.69, 9.17) is 0 Å². The van der Waals surface area contributed by atoms with Gasteiger partial charge in [-0.15, -0.1) is 10.1 Å². The second-order valence-corrected chi connectivity index (χ2v) is 1.48. The quantitative estimate of drug-likeness (QED) is 0.447. The maximum absolute atomic E-state index is 9.71. The molecular weight excluding hydrogens is 136 g/mol. The van der Waals surface area contributed by atoms with Gasteiger partial charge in [-0.05, 0) is 12.1 Å². The van der Waals surface area contributed by atoms with Crippen molar-refractivity contribution in [1.29, 1.82) is 0 Å². The highest BCUT2D eigenvalue weighted by Crippen LogP contribution is 2.01. The van der Waals surface area contributed by atoms with E-state index in [1.165, 1.54) is 12.3 Å². The maximum atomic E-state index is 9.71. The Morgan fingerprint density at radius 1 is 1.60 bits per heavy atom. The first-order valence-corrected chi connectivity index (χ1v) is 2.52. The van der Waals surface area contributed by atoms with E-state index in [-0.39, 0.29) is 5.88 Å². The minimum absolute atomic E-state index is 0.00694. The van der Waals surface area contributed by atoms with Crippen LogP contribution in [-0.4, -0.2) is 10.1 Å². The van der Waals surface area contributed by atoms with Gasteiger partial charge >= 0.3 is 5.09 Å². The number of nitrogens with zero attached hydrogens (tertiary/aromatic N) is 2. The van der Waals surface area contributed by atoms with Crippen LogP contribution in [0.1, 0.15) is 0 Å². The van der Waals surface area contributed by atoms with Crippen LogP contribution in [0.5, 0.6) is 5.88 Å². The molecule has 1 aromatic heterocycles. The summed E-state index contributed by atoms with van der Waals surface area (Å²) in [5.41, 5.74) is 0. The summed E-state index contributed by atoms with van der Waals surface area (Å²) in [6, 6.07) is 4.65. The summed E-state index contributed by atoms with van der Waals surface area (Å²) in [5, 5.41) is 8.81. The van der Waals surface area contributed by atoms with Crippen molar-refractivity contribution in [2.24, 2.45) is 0 Å². The zero-order valence-electron chi connectivity index (χ0n) is 4.93. The molecular formula is C5H4N2O3. The van der Waals surface area contributed by atoms with Crippen molar-refractivity contribution in [3.8, 4) is 5.88 Å². The molecule has 0 fully saturated rings. The molecule has 10 heavy (non-hydrogen) atoms. The number of pyridine rings is 1. The molecule has 0 spiro atoms. The van der Waals surface area contributed by atoms with Gasteiger partial charge in [-0.2, -0.15) is 0 Å². The van der Waals surface area contributed by atoms with Crippen LogP contribution in [0, 0.1) is 10.1 Å². The van der Waals surface area contributed by atoms with Crippen LogP contribution < -0.4 is 4.84 Å². The second-order valence-electron chi connectivity index (χ2n) is 1.48. The van der Waals surface area contributed by atoms with Crippen molar-refractivity contribution in [1.82, 2.24) is 4.98 Å². The van der Waals surface area contributed by atoms with Crippen LogP contribution in [0.25, 0.3) is 0 Å². The summed E-state index contributed by atoms with van der Waals surface area (Å²) in [5.74, 6) is -0.00694. The molecule has 1 rings (SSSR count). The van der Waals surface area contributed by atoms with E-state index in [1.807, 2.05) is 0 Å². The fraction of sp³-hybridized carbons (Fsp3) is 0. The van der Waals surface area contributed by atoms with E-state index >= 15 is 0 Å². The van der Waals surface area contributed by atoms with Crippen LogP contribution in [0.4, 0.5) is 0 Å². The Morgan fingerprint density at radius 2 is 2.40 bits per heavy atom. The minimum Gasteiger partial charge on any atom is -0.256 e. The van der Waals surface area contributed by atoms with Crippen LogP contribution >= 0.6 is 0 Å². The van der Waals surface area contributed by atoms with Gasteiger partial charge in [-0.25, -0.2) is 4.98 Å². The van der Waals surface area contributed by atoms with Gasteiger partial charge in [0.25, 0.3) is 0 Å². The molecule has 1 heterocycles. The van der Waals surface area contributed by atoms with Gasteiger partial charge in [0.15, 0.2) is 0 Å². The topological polar surface area (TPSA) is 65.3 Å². The third kappa shape index (κ3) is 1.70. The average Bonchev–Trinajstić information content (AvgIpc) is 1.88. The van der Waals surface area contributed by atoms with Crippen LogP contribution in [0.15, 0.2) is 24.4 Å². The number of hydrogen-bond acceptors (Lipinski definition) is 4. The van der Waals surface area contributed by atoms with E-state index < -0.39 is 5.09 Å². The zero-order valence-corrected chi connectivity index (χ0v) is 4.93. The molecule has 0 aromatic carbocycles. The lowest BCUT2D eigenvalue weighted by Crippen LogP contribution is -2.04. The molecule has 52 valence electrons. The molecule has 1 aromatic rings. The first kappa shape index (κ1) is 6.47. The first-order valence-electron chi connectivity index (χ1n) is 2.52. The van der Waals surface area contributed by atoms with Gasteiger partial charge in [0.1, 0.15) is 0 Å². The van der Waals surface area contributed by atoms with Crippen LogP contribution in [0.2, 0.25) is 0 Å². The molecule has 5 nitrogen and oxygen atoms in total. The molecule has 0 saturated heterocycles. The van der Waals surface area contributed by atoms with Crippen LogP contribution in [-0.2, 0) is 0 Å². The zero-order chi connectivity index (χ0) is 7.40. The monoisotopic (exact) mass is 140 g/mol. The summed E-state index contributed by atoms with van der Waals surface area (Å²) < 4.78 is 0. The SMILES string of the molecule is O=[N+]([O-])Oc1ccccn1. The van der Waals surface area contributed by atoms with Crippen molar-refractivity contribution >= 4 is 0 Å². The van der Waals surface area contributed by atoms with Gasteiger partial charge in [0, 0.05) is 6.20 Å². The van der Waals surface area contributed by atoms with Crippen LogP contribution in [0.3, 0.4) is 0 Å². The average molecular weight is 140 g/mol. The van der Waals surface area contributed by atoms with Crippen molar-refractivity contribution < 1.29 is 9.92 Å². The highest BCUT2D eigenvalue weighted by Gasteiger charge is 1.96. The van der Waals surface area contributed by atoms with Gasteiger partial charge in [-0.1, -0.05) is 6.07 Å². The Labute approximate surface area is 56.4 Å². The number of aromatic nitrogens is 1. The molecule has 0 aliphatic rings. The third-order valence-corrected chi connectivity index (χ3v) is 0.806. The van der Waals surface area contributed by atoms with Gasteiger partial charge in [0.05, 0.1) is 0 Å². The van der Waals surface area contributed by atoms with E-state index in [1.54, 1.807) is 12.1 Å². The fourth-order valence-electron chi connectivity index (χ4n) is 0.477. The Kier molecular flexibility index (Phi) is 1.79. The minimum atomic E-state index is -0.900. The van der Waals surface area contributed by atoms with E-state index in [0.29, 0.717) is 0 Å². The molecule has 5 heteroatoms. The Morgan fingerprint density at radius 3 is 2.90 bits per heavy atom. The van der Waals surface area contributed by atoms with Gasteiger partial charge in [-0.3, -0.25) is 4.84 Å². The van der Waals surface area contributed by atoms with E-state index in [9.17, 15) is 10.1 Å². The van der Waals surface area contributed by atoms with E-state index in [2.05, 4.69) is 9.82 Å². The fourth-order valence-corrected chi connectivity index (χ4v) is 0.477. The van der Waals surface area contributed by atoms with Gasteiger partial charge < -0.3 is 0 Å². The lowest BCUT2D eigenvalue weighted by molar-refractivity contribution is -0.712. The Balaban J connectivity index is 2.67. The molecule has 0 amide bonds. The maximum Gasteiger partial charge on any atom is 0.301 e. The lowest BCUT2D eigenvalue weighted by atomic mass is 10.5. The highest BCUT2D eigenvalue weighted by molar-refractivity contribution is 5.07.